The molecule has 0 radical (unpaired) electrons. The number of hydrogen-bond acceptors (Lipinski definition) is 4. The minimum absolute atomic E-state index is 0.0939. The first-order chi connectivity index (χ1) is 10.6. The molecule has 0 saturated carbocycles. The number of aromatic nitrogens is 2. The molecule has 1 heterocycles. The highest BCUT2D eigenvalue weighted by Gasteiger charge is 2.06. The Bertz CT molecular complexity index is 678. The van der Waals surface area contributed by atoms with Crippen LogP contribution < -0.4 is 15.6 Å². The molecule has 6 nitrogen and oxygen atoms in total. The van der Waals surface area contributed by atoms with E-state index in [-0.39, 0.29) is 17.6 Å². The van der Waals surface area contributed by atoms with Gasteiger partial charge in [0.1, 0.15) is 5.75 Å². The lowest BCUT2D eigenvalue weighted by Crippen LogP contribution is -2.31. The van der Waals surface area contributed by atoms with Gasteiger partial charge in [-0.1, -0.05) is 0 Å². The minimum atomic E-state index is -0.194. The monoisotopic (exact) mass is 301 g/mol. The van der Waals surface area contributed by atoms with E-state index in [0.717, 1.165) is 5.75 Å². The molecule has 0 saturated heterocycles. The summed E-state index contributed by atoms with van der Waals surface area (Å²) in [6.07, 6.45) is 1.63. The molecule has 0 bridgehead atoms. The van der Waals surface area contributed by atoms with Gasteiger partial charge in [0, 0.05) is 24.4 Å². The van der Waals surface area contributed by atoms with Gasteiger partial charge in [-0.05, 0) is 44.2 Å². The number of hydrogen-bond donors (Lipinski definition) is 1. The van der Waals surface area contributed by atoms with Gasteiger partial charge < -0.3 is 10.1 Å². The van der Waals surface area contributed by atoms with E-state index in [2.05, 4.69) is 10.4 Å². The quantitative estimate of drug-likeness (QED) is 0.876. The van der Waals surface area contributed by atoms with Gasteiger partial charge in [-0.3, -0.25) is 9.59 Å². The number of amides is 1. The van der Waals surface area contributed by atoms with Crippen LogP contribution in [0.3, 0.4) is 0 Å². The number of nitrogens with zero attached hydrogens (tertiary/aromatic N) is 2. The summed E-state index contributed by atoms with van der Waals surface area (Å²) in [5.41, 5.74) is 0.358. The molecule has 2 rings (SSSR count). The molecule has 0 aliphatic rings. The lowest BCUT2D eigenvalue weighted by Gasteiger charge is -2.10. The molecule has 0 unspecified atom stereocenters. The predicted octanol–water partition coefficient (Wildman–Crippen LogP) is 1.46. The van der Waals surface area contributed by atoms with Gasteiger partial charge in [0.15, 0.2) is 0 Å². The van der Waals surface area contributed by atoms with E-state index in [4.69, 9.17) is 4.74 Å². The van der Waals surface area contributed by atoms with Crippen LogP contribution >= 0.6 is 0 Å². The Morgan fingerprint density at radius 1 is 1.27 bits per heavy atom. The van der Waals surface area contributed by atoms with Gasteiger partial charge in [-0.2, -0.15) is 5.10 Å². The summed E-state index contributed by atoms with van der Waals surface area (Å²) in [5, 5.41) is 6.68. The van der Waals surface area contributed by atoms with Crippen molar-refractivity contribution in [3.8, 4) is 5.75 Å². The van der Waals surface area contributed by atoms with Crippen molar-refractivity contribution in [1.82, 2.24) is 15.1 Å². The van der Waals surface area contributed by atoms with Crippen LogP contribution in [-0.2, 0) is 6.54 Å². The third-order valence-corrected chi connectivity index (χ3v) is 2.88. The van der Waals surface area contributed by atoms with Gasteiger partial charge in [0.05, 0.1) is 12.6 Å². The standard InChI is InChI=1S/C16H19N3O3/c1-12(2)22-14-7-5-13(6-8-14)16(21)17-10-11-19-15(20)4-3-9-18-19/h3-9,12H,10-11H2,1-2H3,(H,17,21). The van der Waals surface area contributed by atoms with Gasteiger partial charge in [-0.15, -0.1) is 0 Å². The second-order valence-corrected chi connectivity index (χ2v) is 5.03. The van der Waals surface area contributed by atoms with Crippen molar-refractivity contribution in [2.45, 2.75) is 26.5 Å². The summed E-state index contributed by atoms with van der Waals surface area (Å²) >= 11 is 0. The molecule has 1 amide bonds. The lowest BCUT2D eigenvalue weighted by molar-refractivity contribution is 0.0951. The average molecular weight is 301 g/mol. The first kappa shape index (κ1) is 15.8. The first-order valence-corrected chi connectivity index (χ1v) is 7.13. The molecule has 1 aromatic carbocycles. The van der Waals surface area contributed by atoms with Gasteiger partial charge >= 0.3 is 0 Å². The zero-order chi connectivity index (χ0) is 15.9. The van der Waals surface area contributed by atoms with E-state index < -0.39 is 0 Å². The molecular formula is C16H19N3O3. The molecule has 2 aromatic rings. The smallest absolute Gasteiger partial charge is 0.266 e. The summed E-state index contributed by atoms with van der Waals surface area (Å²) in [6, 6.07) is 9.96. The summed E-state index contributed by atoms with van der Waals surface area (Å²) in [6.45, 7) is 4.56. The number of carbonyl (C=O) groups excluding carboxylic acids is 1. The highest BCUT2D eigenvalue weighted by atomic mass is 16.5. The Morgan fingerprint density at radius 2 is 2.00 bits per heavy atom. The maximum atomic E-state index is 12.0. The third kappa shape index (κ3) is 4.44. The van der Waals surface area contributed by atoms with Crippen LogP contribution in [0.25, 0.3) is 0 Å². The summed E-state index contributed by atoms with van der Waals surface area (Å²) in [4.78, 5) is 23.5. The molecule has 6 heteroatoms. The van der Waals surface area contributed by atoms with E-state index >= 15 is 0 Å². The molecule has 0 aliphatic heterocycles. The van der Waals surface area contributed by atoms with Crippen LogP contribution in [-0.4, -0.2) is 28.3 Å². The van der Waals surface area contributed by atoms with Crippen LogP contribution in [0.15, 0.2) is 47.4 Å². The summed E-state index contributed by atoms with van der Waals surface area (Å²) < 4.78 is 6.83. The van der Waals surface area contributed by atoms with Crippen LogP contribution in [0.2, 0.25) is 0 Å². The van der Waals surface area contributed by atoms with Crippen molar-refractivity contribution in [2.75, 3.05) is 6.54 Å². The number of carbonyl (C=O) groups is 1. The highest BCUT2D eigenvalue weighted by Crippen LogP contribution is 2.13. The number of rotatable bonds is 6. The van der Waals surface area contributed by atoms with Crippen LogP contribution in [0.1, 0.15) is 24.2 Å². The maximum Gasteiger partial charge on any atom is 0.266 e. The Kier molecular flexibility index (Phi) is 5.30. The van der Waals surface area contributed by atoms with Crippen molar-refractivity contribution in [3.63, 3.8) is 0 Å². The second-order valence-electron chi connectivity index (χ2n) is 5.03. The fraction of sp³-hybridized carbons (Fsp3) is 0.312. The minimum Gasteiger partial charge on any atom is -0.491 e. The molecule has 1 N–H and O–H groups in total. The molecule has 0 atom stereocenters. The van der Waals surface area contributed by atoms with E-state index in [1.807, 2.05) is 13.8 Å². The normalized spacial score (nSPS) is 10.5. The SMILES string of the molecule is CC(C)Oc1ccc(C(=O)NCCn2ncccc2=O)cc1. The maximum absolute atomic E-state index is 12.0. The molecule has 0 fully saturated rings. The Hall–Kier alpha value is -2.63. The van der Waals surface area contributed by atoms with Crippen LogP contribution in [0, 0.1) is 0 Å². The van der Waals surface area contributed by atoms with Gasteiger partial charge in [0.25, 0.3) is 11.5 Å². The zero-order valence-electron chi connectivity index (χ0n) is 12.7. The zero-order valence-corrected chi connectivity index (χ0v) is 12.7. The van der Waals surface area contributed by atoms with E-state index in [0.29, 0.717) is 18.7 Å². The van der Waals surface area contributed by atoms with Crippen molar-refractivity contribution >= 4 is 5.91 Å². The molecular weight excluding hydrogens is 282 g/mol. The molecule has 0 aliphatic carbocycles. The van der Waals surface area contributed by atoms with Crippen molar-refractivity contribution in [3.05, 3.63) is 58.5 Å². The summed E-state index contributed by atoms with van der Waals surface area (Å²) in [7, 11) is 0. The number of ether oxygens (including phenoxy) is 1. The molecule has 116 valence electrons. The second kappa shape index (κ2) is 7.40. The van der Waals surface area contributed by atoms with Gasteiger partial charge in [-0.25, -0.2) is 4.68 Å². The topological polar surface area (TPSA) is 73.2 Å². The Labute approximate surface area is 128 Å². The van der Waals surface area contributed by atoms with Crippen molar-refractivity contribution in [2.24, 2.45) is 0 Å². The largest absolute Gasteiger partial charge is 0.491 e. The van der Waals surface area contributed by atoms with Gasteiger partial charge in [0.2, 0.25) is 0 Å². The fourth-order valence-electron chi connectivity index (χ4n) is 1.89. The van der Waals surface area contributed by atoms with E-state index in [1.54, 1.807) is 30.3 Å². The van der Waals surface area contributed by atoms with Crippen LogP contribution in [0.4, 0.5) is 0 Å². The Balaban J connectivity index is 1.87. The summed E-state index contributed by atoms with van der Waals surface area (Å²) in [5.74, 6) is 0.534. The van der Waals surface area contributed by atoms with E-state index in [9.17, 15) is 9.59 Å². The molecule has 1 aromatic heterocycles. The average Bonchev–Trinajstić information content (AvgIpc) is 2.49. The predicted molar refractivity (Wildman–Crippen MR) is 83.0 cm³/mol. The van der Waals surface area contributed by atoms with Crippen molar-refractivity contribution < 1.29 is 9.53 Å². The number of benzene rings is 1. The third-order valence-electron chi connectivity index (χ3n) is 2.88. The fourth-order valence-corrected chi connectivity index (χ4v) is 1.89. The highest BCUT2D eigenvalue weighted by molar-refractivity contribution is 5.94. The first-order valence-electron chi connectivity index (χ1n) is 7.13. The lowest BCUT2D eigenvalue weighted by atomic mass is 10.2. The van der Waals surface area contributed by atoms with E-state index in [1.165, 1.54) is 16.9 Å². The van der Waals surface area contributed by atoms with Crippen molar-refractivity contribution in [1.29, 1.82) is 0 Å². The molecule has 0 spiro atoms. The molecule has 22 heavy (non-hydrogen) atoms. The Morgan fingerprint density at radius 3 is 2.64 bits per heavy atom. The number of nitrogens with one attached hydrogen (secondary N) is 1. The van der Waals surface area contributed by atoms with Crippen LogP contribution in [0.5, 0.6) is 5.75 Å².